The Hall–Kier alpha value is -1.94. The predicted octanol–water partition coefficient (Wildman–Crippen LogP) is 26.8. The van der Waals surface area contributed by atoms with Crippen molar-refractivity contribution in [1.29, 1.82) is 0 Å². The summed E-state index contributed by atoms with van der Waals surface area (Å²) in [5.41, 5.74) is 0. The standard InChI is InChI=1S/C87H170O17P2/c1-6-9-12-15-18-21-24-26-28-30-31-32-33-34-40-44-48-53-58-63-68-73-87(92)104-83(77-98-85(90)71-66-61-56-51-46-42-39-36-35-37-41-45-49-54-59-64-69-80(4)5)79-102-106(95,96)100-75-81(88)74-99-105(93,94)101-78-82(76-97-84(89)70-65-60-55-50-23-20-17-14-11-8-3)103-86(91)72-67-62-57-52-47-43-38-29-27-25-22-19-16-13-10-7-2/h80-83,88H,6-79H2,1-5H3,(H,93,94)(H,95,96)/t81-,82+,83+/m0/s1. The zero-order valence-corrected chi connectivity index (χ0v) is 71.4. The Morgan fingerprint density at radius 3 is 0.642 bits per heavy atom. The summed E-state index contributed by atoms with van der Waals surface area (Å²) >= 11 is 0. The lowest BCUT2D eigenvalue weighted by Crippen LogP contribution is -2.30. The molecule has 3 N–H and O–H groups in total. The van der Waals surface area contributed by atoms with Crippen LogP contribution in [-0.4, -0.2) is 96.7 Å². The normalized spacial score (nSPS) is 13.7. The summed E-state index contributed by atoms with van der Waals surface area (Å²) in [4.78, 5) is 73.2. The molecular formula is C87H170O17P2. The highest BCUT2D eigenvalue weighted by Gasteiger charge is 2.30. The fourth-order valence-electron chi connectivity index (χ4n) is 13.6. The molecule has 0 spiro atoms. The maximum absolute atomic E-state index is 13.2. The lowest BCUT2D eigenvalue weighted by atomic mass is 10.0. The first-order valence-corrected chi connectivity index (χ1v) is 48.1. The van der Waals surface area contributed by atoms with Crippen molar-refractivity contribution in [3.63, 3.8) is 0 Å². The van der Waals surface area contributed by atoms with Gasteiger partial charge >= 0.3 is 39.5 Å². The predicted molar refractivity (Wildman–Crippen MR) is 437 cm³/mol. The largest absolute Gasteiger partial charge is 0.472 e. The van der Waals surface area contributed by atoms with Crippen molar-refractivity contribution in [2.45, 2.75) is 490 Å². The molecule has 17 nitrogen and oxygen atoms in total. The molecule has 0 saturated carbocycles. The molecule has 0 aliphatic carbocycles. The average molecular weight is 1550 g/mol. The first-order valence-electron chi connectivity index (χ1n) is 45.1. The third kappa shape index (κ3) is 80.1. The molecule has 0 rings (SSSR count). The molecule has 0 radical (unpaired) electrons. The molecule has 5 atom stereocenters. The van der Waals surface area contributed by atoms with Gasteiger partial charge in [0.1, 0.15) is 19.3 Å². The van der Waals surface area contributed by atoms with Gasteiger partial charge in [0.05, 0.1) is 26.4 Å². The van der Waals surface area contributed by atoms with E-state index in [2.05, 4.69) is 34.6 Å². The topological polar surface area (TPSA) is 237 Å². The number of esters is 4. The molecule has 0 aliphatic rings. The minimum Gasteiger partial charge on any atom is -0.462 e. The summed E-state index contributed by atoms with van der Waals surface area (Å²) in [7, 11) is -9.93. The highest BCUT2D eigenvalue weighted by Crippen LogP contribution is 2.45. The molecular weight excluding hydrogens is 1380 g/mol. The van der Waals surface area contributed by atoms with Crippen molar-refractivity contribution in [2.75, 3.05) is 39.6 Å². The summed E-state index contributed by atoms with van der Waals surface area (Å²) in [5.74, 6) is -1.29. The molecule has 19 heteroatoms. The smallest absolute Gasteiger partial charge is 0.462 e. The van der Waals surface area contributed by atoms with Gasteiger partial charge in [-0.3, -0.25) is 37.3 Å². The van der Waals surface area contributed by atoms with Crippen molar-refractivity contribution in [2.24, 2.45) is 5.92 Å². The van der Waals surface area contributed by atoms with Crippen molar-refractivity contribution >= 4 is 39.5 Å². The number of rotatable bonds is 87. The highest BCUT2D eigenvalue weighted by molar-refractivity contribution is 7.47. The minimum atomic E-state index is -4.97. The fourth-order valence-corrected chi connectivity index (χ4v) is 15.2. The molecule has 0 saturated heterocycles. The zero-order valence-electron chi connectivity index (χ0n) is 69.6. The first kappa shape index (κ1) is 104. The summed E-state index contributed by atoms with van der Waals surface area (Å²) in [6, 6.07) is 0. The SMILES string of the molecule is CCCCCCCCCCCCCCCCCCCCCCCC(=O)O[C@H](COC(=O)CCCCCCCCCCCCCCCCCCC(C)C)COP(=O)(O)OC[C@@H](O)COP(=O)(O)OC[C@@H](COC(=O)CCCCCCCCCCCC)OC(=O)CCCCCCCCCCCCCCCCCC. The molecule has 630 valence electrons. The van der Waals surface area contributed by atoms with E-state index in [1.54, 1.807) is 0 Å². The van der Waals surface area contributed by atoms with Crippen LogP contribution in [0.4, 0.5) is 0 Å². The van der Waals surface area contributed by atoms with E-state index in [-0.39, 0.29) is 25.7 Å². The number of ether oxygens (including phenoxy) is 4. The lowest BCUT2D eigenvalue weighted by molar-refractivity contribution is -0.161. The van der Waals surface area contributed by atoms with Gasteiger partial charge in [-0.1, -0.05) is 420 Å². The Labute approximate surface area is 651 Å². The van der Waals surface area contributed by atoms with E-state index in [0.29, 0.717) is 25.7 Å². The van der Waals surface area contributed by atoms with Crippen LogP contribution in [0.5, 0.6) is 0 Å². The number of hydrogen-bond acceptors (Lipinski definition) is 15. The van der Waals surface area contributed by atoms with Crippen LogP contribution < -0.4 is 0 Å². The van der Waals surface area contributed by atoms with Gasteiger partial charge in [0, 0.05) is 25.7 Å². The monoisotopic (exact) mass is 1550 g/mol. The quantitative estimate of drug-likeness (QED) is 0.0222. The molecule has 0 aromatic heterocycles. The van der Waals surface area contributed by atoms with E-state index in [0.717, 1.165) is 95.8 Å². The molecule has 0 aromatic rings. The Morgan fingerprint density at radius 1 is 0.255 bits per heavy atom. The van der Waals surface area contributed by atoms with E-state index < -0.39 is 97.5 Å². The Morgan fingerprint density at radius 2 is 0.434 bits per heavy atom. The molecule has 2 unspecified atom stereocenters. The third-order valence-electron chi connectivity index (χ3n) is 20.5. The van der Waals surface area contributed by atoms with Crippen LogP contribution in [0, 0.1) is 5.92 Å². The second-order valence-corrected chi connectivity index (χ2v) is 34.7. The Bertz CT molecular complexity index is 2010. The van der Waals surface area contributed by atoms with Gasteiger partial charge in [0.2, 0.25) is 0 Å². The van der Waals surface area contributed by atoms with Gasteiger partial charge in [-0.15, -0.1) is 0 Å². The summed E-state index contributed by atoms with van der Waals surface area (Å²) in [5, 5.41) is 10.7. The molecule has 106 heavy (non-hydrogen) atoms. The number of aliphatic hydroxyl groups excluding tert-OH is 1. The van der Waals surface area contributed by atoms with E-state index in [9.17, 15) is 43.2 Å². The van der Waals surface area contributed by atoms with E-state index in [4.69, 9.17) is 37.0 Å². The van der Waals surface area contributed by atoms with Crippen molar-refractivity contribution in [3.05, 3.63) is 0 Å². The lowest BCUT2D eigenvalue weighted by Gasteiger charge is -2.21. The second kappa shape index (κ2) is 79.7. The van der Waals surface area contributed by atoms with Crippen LogP contribution in [0.15, 0.2) is 0 Å². The molecule has 0 amide bonds. The van der Waals surface area contributed by atoms with Crippen molar-refractivity contribution < 1.29 is 80.2 Å². The van der Waals surface area contributed by atoms with Crippen LogP contribution in [0.1, 0.15) is 471 Å². The van der Waals surface area contributed by atoms with Crippen molar-refractivity contribution in [3.8, 4) is 0 Å². The number of carbonyl (C=O) groups excluding carboxylic acids is 4. The third-order valence-corrected chi connectivity index (χ3v) is 22.4. The maximum atomic E-state index is 13.2. The molecule has 0 aromatic carbocycles. The summed E-state index contributed by atoms with van der Waals surface area (Å²) < 4.78 is 68.9. The van der Waals surface area contributed by atoms with E-state index in [1.165, 1.54) is 295 Å². The number of phosphoric acid groups is 2. The first-order chi connectivity index (χ1) is 51.5. The number of carbonyl (C=O) groups is 4. The van der Waals surface area contributed by atoms with Crippen LogP contribution in [-0.2, 0) is 65.4 Å². The summed E-state index contributed by atoms with van der Waals surface area (Å²) in [6.07, 6.45) is 73.6. The van der Waals surface area contributed by atoms with Gasteiger partial charge < -0.3 is 33.8 Å². The number of unbranched alkanes of at least 4 members (excludes halogenated alkanes) is 59. The zero-order chi connectivity index (χ0) is 77.6. The number of aliphatic hydroxyl groups is 1. The maximum Gasteiger partial charge on any atom is 0.472 e. The van der Waals surface area contributed by atoms with E-state index in [1.807, 2.05) is 0 Å². The summed E-state index contributed by atoms with van der Waals surface area (Å²) in [6.45, 7) is 7.40. The fraction of sp³-hybridized carbons (Fsp3) is 0.954. The van der Waals surface area contributed by atoms with Crippen LogP contribution in [0.2, 0.25) is 0 Å². The van der Waals surface area contributed by atoms with Gasteiger partial charge in [0.25, 0.3) is 0 Å². The van der Waals surface area contributed by atoms with Gasteiger partial charge in [-0.05, 0) is 31.6 Å². The molecule has 0 bridgehead atoms. The van der Waals surface area contributed by atoms with Gasteiger partial charge in [-0.2, -0.15) is 0 Å². The second-order valence-electron chi connectivity index (χ2n) is 31.8. The number of hydrogen-bond donors (Lipinski definition) is 3. The van der Waals surface area contributed by atoms with Gasteiger partial charge in [-0.25, -0.2) is 9.13 Å². The average Bonchev–Trinajstić information content (AvgIpc) is 0.907. The Balaban J connectivity index is 5.22. The van der Waals surface area contributed by atoms with Crippen LogP contribution in [0.3, 0.4) is 0 Å². The molecule has 0 fully saturated rings. The van der Waals surface area contributed by atoms with Crippen LogP contribution in [0.25, 0.3) is 0 Å². The molecule has 0 aliphatic heterocycles. The van der Waals surface area contributed by atoms with Gasteiger partial charge in [0.15, 0.2) is 12.2 Å². The Kier molecular flexibility index (Phi) is 78.2. The van der Waals surface area contributed by atoms with Crippen molar-refractivity contribution in [1.82, 2.24) is 0 Å². The molecule has 0 heterocycles. The minimum absolute atomic E-state index is 0.109. The van der Waals surface area contributed by atoms with Crippen LogP contribution >= 0.6 is 15.6 Å². The number of phosphoric ester groups is 2. The van der Waals surface area contributed by atoms with E-state index >= 15 is 0 Å². The highest BCUT2D eigenvalue weighted by atomic mass is 31.2.